The topological polar surface area (TPSA) is 57.7 Å². The van der Waals surface area contributed by atoms with Crippen molar-refractivity contribution in [3.05, 3.63) is 52.4 Å². The van der Waals surface area contributed by atoms with Crippen molar-refractivity contribution in [1.29, 1.82) is 0 Å². The number of carbonyl (C=O) groups is 1. The minimum absolute atomic E-state index is 0.0736. The van der Waals surface area contributed by atoms with Gasteiger partial charge in [0.25, 0.3) is 0 Å². The molecule has 0 atom stereocenters. The van der Waals surface area contributed by atoms with Crippen LogP contribution in [0.1, 0.15) is 5.56 Å². The van der Waals surface area contributed by atoms with Gasteiger partial charge >= 0.3 is 0 Å². The van der Waals surface area contributed by atoms with Gasteiger partial charge in [0, 0.05) is 43.4 Å². The van der Waals surface area contributed by atoms with Crippen molar-refractivity contribution in [1.82, 2.24) is 14.8 Å². The summed E-state index contributed by atoms with van der Waals surface area (Å²) in [7, 11) is 1.46. The maximum absolute atomic E-state index is 13.8. The highest BCUT2D eigenvalue weighted by molar-refractivity contribution is 9.10. The Morgan fingerprint density at radius 1 is 1.22 bits per heavy atom. The number of hydrogen-bond donors (Lipinski definition) is 1. The summed E-state index contributed by atoms with van der Waals surface area (Å²) >= 11 is 3.32. The van der Waals surface area contributed by atoms with Gasteiger partial charge in [-0.2, -0.15) is 0 Å². The first-order valence-electron chi connectivity index (χ1n) is 8.72. The minimum atomic E-state index is -0.341. The fraction of sp³-hybridized carbons (Fsp3) is 0.368. The highest BCUT2D eigenvalue weighted by Crippen LogP contribution is 2.19. The Bertz CT molecular complexity index is 780. The van der Waals surface area contributed by atoms with Gasteiger partial charge in [-0.05, 0) is 45.8 Å². The summed E-state index contributed by atoms with van der Waals surface area (Å²) in [5.74, 6) is 0.389. The SMILES string of the molecule is COc1ccc(CN2CCN(CC(=O)Nc3ccc(Br)cn3)CC2)cc1F. The fourth-order valence-corrected chi connectivity index (χ4v) is 3.24. The van der Waals surface area contributed by atoms with Crippen LogP contribution in [0.5, 0.6) is 5.75 Å². The predicted octanol–water partition coefficient (Wildman–Crippen LogP) is 2.75. The summed E-state index contributed by atoms with van der Waals surface area (Å²) in [5, 5.41) is 2.80. The third-order valence-electron chi connectivity index (χ3n) is 4.45. The summed E-state index contributed by atoms with van der Waals surface area (Å²) in [6.07, 6.45) is 1.65. The zero-order valence-corrected chi connectivity index (χ0v) is 16.7. The maximum atomic E-state index is 13.8. The Balaban J connectivity index is 1.44. The van der Waals surface area contributed by atoms with E-state index in [-0.39, 0.29) is 17.5 Å². The Morgan fingerprint density at radius 3 is 2.59 bits per heavy atom. The molecule has 0 unspecified atom stereocenters. The normalized spacial score (nSPS) is 15.5. The van der Waals surface area contributed by atoms with E-state index in [2.05, 4.69) is 36.0 Å². The molecular weight excluding hydrogens is 415 g/mol. The molecule has 0 spiro atoms. The molecule has 3 rings (SSSR count). The van der Waals surface area contributed by atoms with Gasteiger partial charge in [-0.25, -0.2) is 9.37 Å². The van der Waals surface area contributed by atoms with Crippen LogP contribution in [0.2, 0.25) is 0 Å². The largest absolute Gasteiger partial charge is 0.494 e. The standard InChI is InChI=1S/C19H22BrFN4O2/c1-27-17-4-2-14(10-16(17)21)12-24-6-8-25(9-7-24)13-19(26)23-18-5-3-15(20)11-22-18/h2-5,10-11H,6-9,12-13H2,1H3,(H,22,23,26). The Kier molecular flexibility index (Phi) is 6.76. The Morgan fingerprint density at radius 2 is 1.96 bits per heavy atom. The van der Waals surface area contributed by atoms with Crippen LogP contribution in [0.25, 0.3) is 0 Å². The molecule has 1 aromatic carbocycles. The first-order valence-corrected chi connectivity index (χ1v) is 9.51. The molecule has 2 heterocycles. The molecule has 0 radical (unpaired) electrons. The molecule has 1 fully saturated rings. The molecule has 6 nitrogen and oxygen atoms in total. The van der Waals surface area contributed by atoms with E-state index >= 15 is 0 Å². The van der Waals surface area contributed by atoms with Crippen LogP contribution < -0.4 is 10.1 Å². The van der Waals surface area contributed by atoms with Crippen LogP contribution in [0, 0.1) is 5.82 Å². The molecule has 8 heteroatoms. The second-order valence-electron chi connectivity index (χ2n) is 6.43. The van der Waals surface area contributed by atoms with Crippen molar-refractivity contribution in [2.45, 2.75) is 6.54 Å². The molecular formula is C19H22BrFN4O2. The number of rotatable bonds is 6. The number of piperazine rings is 1. The number of amides is 1. The zero-order valence-electron chi connectivity index (χ0n) is 15.1. The molecule has 1 aliphatic heterocycles. The molecule has 0 aliphatic carbocycles. The Labute approximate surface area is 166 Å². The quantitative estimate of drug-likeness (QED) is 0.754. The monoisotopic (exact) mass is 436 g/mol. The van der Waals surface area contributed by atoms with Crippen LogP contribution in [-0.4, -0.2) is 60.5 Å². The molecule has 1 saturated heterocycles. The first-order chi connectivity index (χ1) is 13.0. The van der Waals surface area contributed by atoms with Crippen molar-refractivity contribution in [3.8, 4) is 5.75 Å². The average molecular weight is 437 g/mol. The maximum Gasteiger partial charge on any atom is 0.239 e. The molecule has 1 aromatic heterocycles. The zero-order chi connectivity index (χ0) is 19.2. The molecule has 1 N–H and O–H groups in total. The second kappa shape index (κ2) is 9.25. The number of nitrogens with one attached hydrogen (secondary N) is 1. The smallest absolute Gasteiger partial charge is 0.239 e. The number of carbonyl (C=O) groups excluding carboxylic acids is 1. The third-order valence-corrected chi connectivity index (χ3v) is 4.92. The number of halogens is 2. The number of ether oxygens (including phenoxy) is 1. The van der Waals surface area contributed by atoms with Gasteiger partial charge in [0.15, 0.2) is 11.6 Å². The van der Waals surface area contributed by atoms with E-state index in [1.807, 2.05) is 12.1 Å². The second-order valence-corrected chi connectivity index (χ2v) is 7.35. The summed E-state index contributed by atoms with van der Waals surface area (Å²) in [5.41, 5.74) is 0.917. The lowest BCUT2D eigenvalue weighted by molar-refractivity contribution is -0.117. The van der Waals surface area contributed by atoms with E-state index in [4.69, 9.17) is 4.74 Å². The lowest BCUT2D eigenvalue weighted by Gasteiger charge is -2.34. The van der Waals surface area contributed by atoms with Gasteiger partial charge < -0.3 is 10.1 Å². The van der Waals surface area contributed by atoms with Crippen molar-refractivity contribution in [3.63, 3.8) is 0 Å². The molecule has 0 saturated carbocycles. The number of hydrogen-bond acceptors (Lipinski definition) is 5. The van der Waals surface area contributed by atoms with Crippen molar-refractivity contribution in [2.75, 3.05) is 45.2 Å². The van der Waals surface area contributed by atoms with Crippen LogP contribution in [0.15, 0.2) is 41.0 Å². The first kappa shape index (κ1) is 19.7. The molecule has 1 aliphatic rings. The van der Waals surface area contributed by atoms with Crippen molar-refractivity contribution < 1.29 is 13.9 Å². The number of pyridine rings is 1. The van der Waals surface area contributed by atoms with E-state index < -0.39 is 0 Å². The van der Waals surface area contributed by atoms with Gasteiger partial charge in [0.2, 0.25) is 5.91 Å². The molecule has 1 amide bonds. The number of benzene rings is 1. The third kappa shape index (κ3) is 5.72. The van der Waals surface area contributed by atoms with Crippen LogP contribution in [0.4, 0.5) is 10.2 Å². The average Bonchev–Trinajstić information content (AvgIpc) is 2.65. The van der Waals surface area contributed by atoms with Crippen LogP contribution in [-0.2, 0) is 11.3 Å². The molecule has 0 bridgehead atoms. The van der Waals surface area contributed by atoms with E-state index in [0.29, 0.717) is 18.9 Å². The summed E-state index contributed by atoms with van der Waals surface area (Å²) in [6, 6.07) is 8.65. The van der Waals surface area contributed by atoms with Crippen LogP contribution in [0.3, 0.4) is 0 Å². The van der Waals surface area contributed by atoms with Gasteiger partial charge in [-0.3, -0.25) is 14.6 Å². The predicted molar refractivity (Wildman–Crippen MR) is 105 cm³/mol. The lowest BCUT2D eigenvalue weighted by Crippen LogP contribution is -2.48. The number of aromatic nitrogens is 1. The minimum Gasteiger partial charge on any atom is -0.494 e. The highest BCUT2D eigenvalue weighted by Gasteiger charge is 2.19. The number of methoxy groups -OCH3 is 1. The van der Waals surface area contributed by atoms with Gasteiger partial charge in [0.05, 0.1) is 13.7 Å². The van der Waals surface area contributed by atoms with Gasteiger partial charge in [-0.15, -0.1) is 0 Å². The molecule has 2 aromatic rings. The van der Waals surface area contributed by atoms with Crippen molar-refractivity contribution in [2.24, 2.45) is 0 Å². The van der Waals surface area contributed by atoms with E-state index in [0.717, 1.165) is 36.2 Å². The summed E-state index contributed by atoms with van der Waals surface area (Å²) in [4.78, 5) is 20.7. The van der Waals surface area contributed by atoms with E-state index in [1.165, 1.54) is 13.2 Å². The van der Waals surface area contributed by atoms with Crippen LogP contribution >= 0.6 is 15.9 Å². The van der Waals surface area contributed by atoms with E-state index in [9.17, 15) is 9.18 Å². The van der Waals surface area contributed by atoms with E-state index in [1.54, 1.807) is 18.3 Å². The fourth-order valence-electron chi connectivity index (χ4n) is 3.01. The van der Waals surface area contributed by atoms with Gasteiger partial charge in [0.1, 0.15) is 5.82 Å². The number of nitrogens with zero attached hydrogens (tertiary/aromatic N) is 3. The lowest BCUT2D eigenvalue weighted by atomic mass is 10.2. The highest BCUT2D eigenvalue weighted by atomic mass is 79.9. The summed E-state index contributed by atoms with van der Waals surface area (Å²) in [6.45, 7) is 4.26. The van der Waals surface area contributed by atoms with Crippen molar-refractivity contribution >= 4 is 27.7 Å². The number of anilines is 1. The molecule has 27 heavy (non-hydrogen) atoms. The Hall–Kier alpha value is -2.03. The van der Waals surface area contributed by atoms with Gasteiger partial charge in [-0.1, -0.05) is 6.07 Å². The summed E-state index contributed by atoms with van der Waals surface area (Å²) < 4.78 is 19.6. The molecule has 144 valence electrons.